The van der Waals surface area contributed by atoms with Crippen molar-refractivity contribution in [2.24, 2.45) is 0 Å². The molecule has 0 aliphatic carbocycles. The molecule has 170 valence electrons. The van der Waals surface area contributed by atoms with E-state index in [1.807, 2.05) is 18.2 Å². The number of rotatable bonds is 2. The van der Waals surface area contributed by atoms with Gasteiger partial charge in [-0.15, -0.1) is 0 Å². The largest absolute Gasteiger partial charge is 0.492 e. The molecular formula is C27H29N3O3. The number of para-hydroxylation sites is 2. The summed E-state index contributed by atoms with van der Waals surface area (Å²) in [5.41, 5.74) is 7.01. The maximum absolute atomic E-state index is 6.31. The highest BCUT2D eigenvalue weighted by Crippen LogP contribution is 2.34. The number of hydrogen-bond acceptors (Lipinski definition) is 6. The number of hydrogen-bond donors (Lipinski definition) is 3. The Bertz CT molecular complexity index is 1120. The summed E-state index contributed by atoms with van der Waals surface area (Å²) < 4.78 is 18.3. The van der Waals surface area contributed by atoms with Crippen molar-refractivity contribution in [2.45, 2.75) is 25.2 Å². The van der Waals surface area contributed by atoms with E-state index in [9.17, 15) is 0 Å². The maximum Gasteiger partial charge on any atom is 0.142 e. The van der Waals surface area contributed by atoms with Crippen LogP contribution in [0.2, 0.25) is 0 Å². The van der Waals surface area contributed by atoms with Crippen LogP contribution in [0.1, 0.15) is 34.3 Å². The van der Waals surface area contributed by atoms with Crippen LogP contribution in [0.15, 0.2) is 60.7 Å². The van der Waals surface area contributed by atoms with Gasteiger partial charge in [0.25, 0.3) is 0 Å². The first-order chi connectivity index (χ1) is 16.3. The van der Waals surface area contributed by atoms with Gasteiger partial charge in [-0.2, -0.15) is 0 Å². The topological polar surface area (TPSA) is 63.8 Å². The normalized spacial score (nSPS) is 21.8. The molecule has 2 unspecified atom stereocenters. The number of ether oxygens (including phenoxy) is 3. The number of fused-ring (bicyclic) bond motifs is 3. The van der Waals surface area contributed by atoms with Crippen LogP contribution in [-0.4, -0.2) is 32.8 Å². The molecule has 3 N–H and O–H groups in total. The van der Waals surface area contributed by atoms with Crippen LogP contribution in [0, 0.1) is 0 Å². The summed E-state index contributed by atoms with van der Waals surface area (Å²) in [6, 6.07) is 21.2. The van der Waals surface area contributed by atoms with Gasteiger partial charge in [-0.3, -0.25) is 0 Å². The molecule has 0 fully saturated rings. The van der Waals surface area contributed by atoms with Gasteiger partial charge in [0, 0.05) is 48.9 Å². The molecule has 0 aromatic heterocycles. The number of benzene rings is 3. The van der Waals surface area contributed by atoms with Gasteiger partial charge in [-0.25, -0.2) is 0 Å². The fourth-order valence-electron chi connectivity index (χ4n) is 4.75. The van der Waals surface area contributed by atoms with E-state index in [1.165, 1.54) is 16.7 Å². The minimum Gasteiger partial charge on any atom is -0.492 e. The Labute approximate surface area is 194 Å². The van der Waals surface area contributed by atoms with E-state index < -0.39 is 0 Å². The lowest BCUT2D eigenvalue weighted by Gasteiger charge is -2.18. The SMILES string of the molecule is c1ccc2c(c1)NCC(c1ccc3c(c1)NCC(c1ccc4c(c1)OCCNC4)OC3)CO2. The van der Waals surface area contributed by atoms with Crippen molar-refractivity contribution in [1.29, 1.82) is 0 Å². The fourth-order valence-corrected chi connectivity index (χ4v) is 4.75. The summed E-state index contributed by atoms with van der Waals surface area (Å²) in [4.78, 5) is 0. The third-order valence-corrected chi connectivity index (χ3v) is 6.70. The minimum atomic E-state index is -0.0247. The van der Waals surface area contributed by atoms with Crippen molar-refractivity contribution in [3.63, 3.8) is 0 Å². The lowest BCUT2D eigenvalue weighted by atomic mass is 9.97. The molecule has 3 aromatic carbocycles. The predicted octanol–water partition coefficient (Wildman–Crippen LogP) is 4.44. The van der Waals surface area contributed by atoms with E-state index in [0.717, 1.165) is 54.6 Å². The standard InChI is InChI=1S/C27H29N3O3/c1-2-4-25-23(3-1)29-14-22(17-32-25)18-5-8-21-16-33-27(15-30-24(21)11-18)19-6-7-20-13-28-9-10-31-26(20)12-19/h1-8,11-12,22,27-30H,9-10,13-17H2. The Balaban J connectivity index is 1.17. The maximum atomic E-state index is 6.31. The molecule has 2 atom stereocenters. The van der Waals surface area contributed by atoms with Gasteiger partial charge in [0.15, 0.2) is 0 Å². The van der Waals surface area contributed by atoms with Crippen LogP contribution in [-0.2, 0) is 17.9 Å². The van der Waals surface area contributed by atoms with Gasteiger partial charge in [-0.1, -0.05) is 36.4 Å². The first-order valence-corrected chi connectivity index (χ1v) is 11.7. The Kier molecular flexibility index (Phi) is 5.54. The second kappa shape index (κ2) is 8.96. The second-order valence-corrected chi connectivity index (χ2v) is 8.87. The zero-order valence-corrected chi connectivity index (χ0v) is 18.6. The molecule has 33 heavy (non-hydrogen) atoms. The molecule has 3 aliphatic heterocycles. The Morgan fingerprint density at radius 3 is 2.64 bits per heavy atom. The molecule has 3 aliphatic rings. The summed E-state index contributed by atoms with van der Waals surface area (Å²) in [5.74, 6) is 2.16. The lowest BCUT2D eigenvalue weighted by molar-refractivity contribution is 0.0522. The van der Waals surface area contributed by atoms with Gasteiger partial charge < -0.3 is 30.2 Å². The smallest absolute Gasteiger partial charge is 0.142 e. The van der Waals surface area contributed by atoms with E-state index in [0.29, 0.717) is 19.8 Å². The van der Waals surface area contributed by atoms with Crippen LogP contribution >= 0.6 is 0 Å². The summed E-state index contributed by atoms with van der Waals surface area (Å²) in [6.45, 7) is 5.22. The van der Waals surface area contributed by atoms with Gasteiger partial charge in [0.1, 0.15) is 24.2 Å². The van der Waals surface area contributed by atoms with Crippen molar-refractivity contribution < 1.29 is 14.2 Å². The van der Waals surface area contributed by atoms with Gasteiger partial charge in [-0.05, 0) is 35.4 Å². The van der Waals surface area contributed by atoms with Crippen molar-refractivity contribution in [2.75, 3.05) is 43.5 Å². The van der Waals surface area contributed by atoms with Crippen molar-refractivity contribution in [3.8, 4) is 11.5 Å². The van der Waals surface area contributed by atoms with E-state index >= 15 is 0 Å². The highest BCUT2D eigenvalue weighted by Gasteiger charge is 2.23. The molecule has 0 saturated heterocycles. The third kappa shape index (κ3) is 4.24. The molecule has 0 radical (unpaired) electrons. The van der Waals surface area contributed by atoms with Crippen LogP contribution in [0.4, 0.5) is 11.4 Å². The Morgan fingerprint density at radius 2 is 1.64 bits per heavy atom. The highest BCUT2D eigenvalue weighted by molar-refractivity contribution is 5.58. The van der Waals surface area contributed by atoms with Crippen LogP contribution in [0.25, 0.3) is 0 Å². The zero-order valence-electron chi connectivity index (χ0n) is 18.6. The van der Waals surface area contributed by atoms with E-state index in [-0.39, 0.29) is 12.0 Å². The molecule has 0 bridgehead atoms. The predicted molar refractivity (Wildman–Crippen MR) is 129 cm³/mol. The molecular weight excluding hydrogens is 414 g/mol. The molecule has 0 spiro atoms. The molecule has 6 heteroatoms. The fraction of sp³-hybridized carbons (Fsp3) is 0.333. The quantitative estimate of drug-likeness (QED) is 0.544. The summed E-state index contributed by atoms with van der Waals surface area (Å²) in [7, 11) is 0. The lowest BCUT2D eigenvalue weighted by Crippen LogP contribution is -2.16. The number of nitrogens with one attached hydrogen (secondary N) is 3. The Morgan fingerprint density at radius 1 is 0.758 bits per heavy atom. The van der Waals surface area contributed by atoms with Gasteiger partial charge in [0.05, 0.1) is 18.9 Å². The first kappa shape index (κ1) is 20.4. The van der Waals surface area contributed by atoms with Crippen molar-refractivity contribution >= 4 is 11.4 Å². The molecule has 3 aromatic rings. The van der Waals surface area contributed by atoms with E-state index in [4.69, 9.17) is 14.2 Å². The third-order valence-electron chi connectivity index (χ3n) is 6.70. The molecule has 0 amide bonds. The van der Waals surface area contributed by atoms with Crippen molar-refractivity contribution in [1.82, 2.24) is 5.32 Å². The summed E-state index contributed by atoms with van der Waals surface area (Å²) >= 11 is 0. The molecule has 3 heterocycles. The highest BCUT2D eigenvalue weighted by atomic mass is 16.5. The van der Waals surface area contributed by atoms with Gasteiger partial charge >= 0.3 is 0 Å². The number of anilines is 2. The van der Waals surface area contributed by atoms with Crippen LogP contribution < -0.4 is 25.4 Å². The van der Waals surface area contributed by atoms with Crippen LogP contribution in [0.3, 0.4) is 0 Å². The van der Waals surface area contributed by atoms with Crippen molar-refractivity contribution in [3.05, 3.63) is 82.9 Å². The Hall–Kier alpha value is -3.22. The minimum absolute atomic E-state index is 0.0247. The van der Waals surface area contributed by atoms with Gasteiger partial charge in [0.2, 0.25) is 0 Å². The van der Waals surface area contributed by atoms with E-state index in [1.54, 1.807) is 0 Å². The average molecular weight is 444 g/mol. The van der Waals surface area contributed by atoms with Crippen LogP contribution in [0.5, 0.6) is 11.5 Å². The average Bonchev–Trinajstić information content (AvgIpc) is 3.31. The molecule has 6 nitrogen and oxygen atoms in total. The monoisotopic (exact) mass is 443 g/mol. The summed E-state index contributed by atoms with van der Waals surface area (Å²) in [6.07, 6.45) is -0.0247. The molecule has 6 rings (SSSR count). The summed E-state index contributed by atoms with van der Waals surface area (Å²) in [5, 5.41) is 10.6. The molecule has 0 saturated carbocycles. The second-order valence-electron chi connectivity index (χ2n) is 8.87. The van der Waals surface area contributed by atoms with E-state index in [2.05, 4.69) is 58.4 Å². The first-order valence-electron chi connectivity index (χ1n) is 11.7. The zero-order chi connectivity index (χ0) is 22.0.